The summed E-state index contributed by atoms with van der Waals surface area (Å²) in [6, 6.07) is 11.9. The maximum Gasteiger partial charge on any atom is 0.231 e. The first kappa shape index (κ1) is 20.2. The highest BCUT2D eigenvalue weighted by molar-refractivity contribution is 14.0. The molecule has 3 aromatic rings. The predicted octanol–water partition coefficient (Wildman–Crippen LogP) is 2.37. The molecular formula is C19H23IN6O2. The van der Waals surface area contributed by atoms with Crippen molar-refractivity contribution in [3.63, 3.8) is 0 Å². The zero-order valence-electron chi connectivity index (χ0n) is 15.6. The van der Waals surface area contributed by atoms with Gasteiger partial charge in [-0.25, -0.2) is 4.99 Å². The van der Waals surface area contributed by atoms with Gasteiger partial charge in [0, 0.05) is 19.3 Å². The van der Waals surface area contributed by atoms with Crippen molar-refractivity contribution < 1.29 is 9.47 Å². The number of benzene rings is 1. The molecule has 3 heterocycles. The molecule has 0 bridgehead atoms. The van der Waals surface area contributed by atoms with Crippen molar-refractivity contribution >= 4 is 35.6 Å². The molecule has 28 heavy (non-hydrogen) atoms. The lowest BCUT2D eigenvalue weighted by Crippen LogP contribution is -2.38. The van der Waals surface area contributed by atoms with Gasteiger partial charge in [-0.2, -0.15) is 0 Å². The van der Waals surface area contributed by atoms with Gasteiger partial charge < -0.3 is 20.1 Å². The molecule has 9 heteroatoms. The fourth-order valence-electron chi connectivity index (χ4n) is 2.91. The van der Waals surface area contributed by atoms with E-state index in [0.717, 1.165) is 48.4 Å². The van der Waals surface area contributed by atoms with Crippen molar-refractivity contribution in [3.05, 3.63) is 54.0 Å². The van der Waals surface area contributed by atoms with Crippen LogP contribution in [0, 0.1) is 0 Å². The molecule has 1 aliphatic heterocycles. The normalized spacial score (nSPS) is 12.7. The molecule has 0 spiro atoms. The Morgan fingerprint density at radius 1 is 1.14 bits per heavy atom. The summed E-state index contributed by atoms with van der Waals surface area (Å²) in [4.78, 5) is 4.62. The maximum absolute atomic E-state index is 5.43. The number of ether oxygens (including phenoxy) is 2. The summed E-state index contributed by atoms with van der Waals surface area (Å²) in [5.41, 5.74) is 2.01. The molecule has 0 aliphatic carbocycles. The highest BCUT2D eigenvalue weighted by Gasteiger charge is 2.13. The van der Waals surface area contributed by atoms with Gasteiger partial charge in [0.2, 0.25) is 6.79 Å². The molecule has 1 aromatic carbocycles. The van der Waals surface area contributed by atoms with Gasteiger partial charge in [-0.15, -0.1) is 34.2 Å². The minimum atomic E-state index is 0. The zero-order chi connectivity index (χ0) is 18.5. The van der Waals surface area contributed by atoms with Gasteiger partial charge in [0.1, 0.15) is 6.54 Å². The van der Waals surface area contributed by atoms with Crippen LogP contribution in [0.3, 0.4) is 0 Å². The highest BCUT2D eigenvalue weighted by Crippen LogP contribution is 2.32. The van der Waals surface area contributed by atoms with E-state index < -0.39 is 0 Å². The van der Waals surface area contributed by atoms with E-state index in [-0.39, 0.29) is 24.0 Å². The standard InChI is InChI=1S/C19H22N6O2.HI/c1-2-20-19(22-12-18-24-23-17-5-3-4-10-25(17)18)21-9-8-14-6-7-15-16(11-14)27-13-26-15;/h3-7,10-11H,2,8-9,12-13H2,1H3,(H2,20,21,22);1H. The van der Waals surface area contributed by atoms with Crippen LogP contribution in [0.2, 0.25) is 0 Å². The average Bonchev–Trinajstić information content (AvgIpc) is 3.32. The van der Waals surface area contributed by atoms with Crippen molar-refractivity contribution in [3.8, 4) is 11.5 Å². The number of hydrogen-bond acceptors (Lipinski definition) is 5. The molecule has 8 nitrogen and oxygen atoms in total. The molecule has 2 N–H and O–H groups in total. The summed E-state index contributed by atoms with van der Waals surface area (Å²) >= 11 is 0. The minimum absolute atomic E-state index is 0. The summed E-state index contributed by atoms with van der Waals surface area (Å²) in [6.45, 7) is 4.33. The van der Waals surface area contributed by atoms with Crippen molar-refractivity contribution in [1.29, 1.82) is 0 Å². The third kappa shape index (κ3) is 4.64. The number of aliphatic imine (C=N–C) groups is 1. The second-order valence-corrected chi connectivity index (χ2v) is 6.10. The lowest BCUT2D eigenvalue weighted by molar-refractivity contribution is 0.174. The number of nitrogens with zero attached hydrogens (tertiary/aromatic N) is 4. The van der Waals surface area contributed by atoms with Gasteiger partial charge in [0.15, 0.2) is 28.9 Å². The first-order valence-corrected chi connectivity index (χ1v) is 9.03. The Kier molecular flexibility index (Phi) is 6.90. The summed E-state index contributed by atoms with van der Waals surface area (Å²) < 4.78 is 12.7. The van der Waals surface area contributed by atoms with E-state index in [1.807, 2.05) is 47.9 Å². The van der Waals surface area contributed by atoms with Crippen LogP contribution in [0.5, 0.6) is 11.5 Å². The fourth-order valence-corrected chi connectivity index (χ4v) is 2.91. The molecule has 0 amide bonds. The molecule has 1 aliphatic rings. The van der Waals surface area contributed by atoms with Crippen LogP contribution in [0.25, 0.3) is 5.65 Å². The largest absolute Gasteiger partial charge is 0.454 e. The Morgan fingerprint density at radius 2 is 2.04 bits per heavy atom. The topological polar surface area (TPSA) is 85.1 Å². The van der Waals surface area contributed by atoms with Crippen LogP contribution in [0.4, 0.5) is 0 Å². The van der Waals surface area contributed by atoms with E-state index >= 15 is 0 Å². The van der Waals surface area contributed by atoms with E-state index in [1.54, 1.807) is 0 Å². The van der Waals surface area contributed by atoms with Crippen molar-refractivity contribution in [2.24, 2.45) is 4.99 Å². The van der Waals surface area contributed by atoms with Crippen molar-refractivity contribution in [2.45, 2.75) is 19.9 Å². The van der Waals surface area contributed by atoms with Crippen LogP contribution >= 0.6 is 24.0 Å². The number of halogens is 1. The quantitative estimate of drug-likeness (QED) is 0.311. The number of pyridine rings is 1. The smallest absolute Gasteiger partial charge is 0.231 e. The summed E-state index contributed by atoms with van der Waals surface area (Å²) in [5, 5.41) is 15.0. The van der Waals surface area contributed by atoms with E-state index in [9.17, 15) is 0 Å². The van der Waals surface area contributed by atoms with Crippen LogP contribution in [0.1, 0.15) is 18.3 Å². The monoisotopic (exact) mass is 494 g/mol. The van der Waals surface area contributed by atoms with E-state index in [0.29, 0.717) is 13.3 Å². The lowest BCUT2D eigenvalue weighted by atomic mass is 10.1. The molecule has 0 fully saturated rings. The Morgan fingerprint density at radius 3 is 2.93 bits per heavy atom. The zero-order valence-corrected chi connectivity index (χ0v) is 17.9. The Labute approximate surface area is 180 Å². The number of hydrogen-bond donors (Lipinski definition) is 2. The van der Waals surface area contributed by atoms with Crippen molar-refractivity contribution in [2.75, 3.05) is 19.9 Å². The van der Waals surface area contributed by atoms with Crippen LogP contribution < -0.4 is 20.1 Å². The van der Waals surface area contributed by atoms with Gasteiger partial charge in [-0.3, -0.25) is 4.40 Å². The van der Waals surface area contributed by atoms with E-state index in [1.165, 1.54) is 5.56 Å². The van der Waals surface area contributed by atoms with Crippen molar-refractivity contribution in [1.82, 2.24) is 25.2 Å². The Balaban J connectivity index is 0.00000225. The molecule has 4 rings (SSSR count). The van der Waals surface area contributed by atoms with Gasteiger partial charge >= 0.3 is 0 Å². The maximum atomic E-state index is 5.43. The fraction of sp³-hybridized carbons (Fsp3) is 0.316. The third-order valence-corrected chi connectivity index (χ3v) is 4.25. The molecule has 0 saturated heterocycles. The number of fused-ring (bicyclic) bond motifs is 2. The number of rotatable bonds is 6. The first-order chi connectivity index (χ1) is 13.3. The van der Waals surface area contributed by atoms with E-state index in [2.05, 4.69) is 31.9 Å². The van der Waals surface area contributed by atoms with Gasteiger partial charge in [0.05, 0.1) is 0 Å². The minimum Gasteiger partial charge on any atom is -0.454 e. The molecule has 2 aromatic heterocycles. The molecule has 0 atom stereocenters. The molecule has 148 valence electrons. The number of nitrogens with one attached hydrogen (secondary N) is 2. The van der Waals surface area contributed by atoms with Gasteiger partial charge in [-0.1, -0.05) is 12.1 Å². The van der Waals surface area contributed by atoms with E-state index in [4.69, 9.17) is 9.47 Å². The summed E-state index contributed by atoms with van der Waals surface area (Å²) in [7, 11) is 0. The lowest BCUT2D eigenvalue weighted by Gasteiger charge is -2.11. The number of guanidine groups is 1. The van der Waals surface area contributed by atoms with Crippen LogP contribution in [-0.2, 0) is 13.0 Å². The number of aromatic nitrogens is 3. The van der Waals surface area contributed by atoms with Gasteiger partial charge in [-0.05, 0) is 43.2 Å². The highest BCUT2D eigenvalue weighted by atomic mass is 127. The third-order valence-electron chi connectivity index (χ3n) is 4.25. The second kappa shape index (κ2) is 9.58. The predicted molar refractivity (Wildman–Crippen MR) is 117 cm³/mol. The van der Waals surface area contributed by atoms with Crippen LogP contribution in [0.15, 0.2) is 47.6 Å². The Hall–Kier alpha value is -2.56. The average molecular weight is 494 g/mol. The van der Waals surface area contributed by atoms with Crippen LogP contribution in [-0.4, -0.2) is 40.4 Å². The van der Waals surface area contributed by atoms with Gasteiger partial charge in [0.25, 0.3) is 0 Å². The Bertz CT molecular complexity index is 959. The second-order valence-electron chi connectivity index (χ2n) is 6.10. The SMILES string of the molecule is CCNC(=NCc1nnc2ccccn12)NCCc1ccc2c(c1)OCO2.I. The summed E-state index contributed by atoms with van der Waals surface area (Å²) in [6.07, 6.45) is 2.80. The molecular weight excluding hydrogens is 471 g/mol. The molecule has 0 radical (unpaired) electrons. The summed E-state index contributed by atoms with van der Waals surface area (Å²) in [5.74, 6) is 3.18. The molecule has 0 unspecified atom stereocenters. The molecule has 0 saturated carbocycles. The first-order valence-electron chi connectivity index (χ1n) is 9.03.